The van der Waals surface area contributed by atoms with Crippen LogP contribution < -0.4 is 0 Å². The standard InChI is InChI=1S/C14H16/c1-7(2)12-13-8(3)9(4)14(12)11(6)10(13)5/h13-14H,3-6H2,1-2H3. The Bertz CT molecular complexity index is 349. The minimum absolute atomic E-state index is 0.310. The van der Waals surface area contributed by atoms with Gasteiger partial charge in [-0.25, -0.2) is 0 Å². The van der Waals surface area contributed by atoms with Crippen LogP contribution in [0.4, 0.5) is 0 Å². The summed E-state index contributed by atoms with van der Waals surface area (Å²) in [6.07, 6.45) is 0. The first-order chi connectivity index (χ1) is 6.46. The molecule has 0 aromatic carbocycles. The molecule has 0 heterocycles. The molecular formula is C14H16. The van der Waals surface area contributed by atoms with Gasteiger partial charge in [0.05, 0.1) is 0 Å². The second-order valence-corrected chi connectivity index (χ2v) is 4.42. The van der Waals surface area contributed by atoms with E-state index in [1.54, 1.807) is 0 Å². The predicted octanol–water partition coefficient (Wildman–Crippen LogP) is 3.81. The van der Waals surface area contributed by atoms with Crippen molar-refractivity contribution < 1.29 is 0 Å². The summed E-state index contributed by atoms with van der Waals surface area (Å²) in [5, 5.41) is 0. The Hall–Kier alpha value is -1.30. The summed E-state index contributed by atoms with van der Waals surface area (Å²) in [6.45, 7) is 20.7. The van der Waals surface area contributed by atoms with Crippen LogP contribution in [-0.4, -0.2) is 0 Å². The molecule has 72 valence electrons. The van der Waals surface area contributed by atoms with Crippen LogP contribution in [0.5, 0.6) is 0 Å². The smallest absolute Gasteiger partial charge is 0.0304 e. The SMILES string of the molecule is C=C1C(=C)C2C(=C)C(=C)C1C2=C(C)C. The second-order valence-electron chi connectivity index (χ2n) is 4.42. The summed E-state index contributed by atoms with van der Waals surface area (Å²) in [5.41, 5.74) is 7.36. The van der Waals surface area contributed by atoms with Gasteiger partial charge in [0.15, 0.2) is 0 Å². The van der Waals surface area contributed by atoms with Gasteiger partial charge in [-0.05, 0) is 41.7 Å². The third kappa shape index (κ3) is 0.836. The van der Waals surface area contributed by atoms with Crippen LogP contribution in [0.25, 0.3) is 0 Å². The molecule has 2 saturated carbocycles. The van der Waals surface area contributed by atoms with Gasteiger partial charge in [0, 0.05) is 11.8 Å². The Balaban J connectivity index is 2.69. The fourth-order valence-electron chi connectivity index (χ4n) is 2.66. The quantitative estimate of drug-likeness (QED) is 0.502. The zero-order valence-electron chi connectivity index (χ0n) is 8.98. The Morgan fingerprint density at radius 3 is 1.21 bits per heavy atom. The van der Waals surface area contributed by atoms with Crippen molar-refractivity contribution in [3.63, 3.8) is 0 Å². The van der Waals surface area contributed by atoms with Gasteiger partial charge in [0.25, 0.3) is 0 Å². The zero-order valence-corrected chi connectivity index (χ0v) is 8.98. The van der Waals surface area contributed by atoms with Gasteiger partial charge < -0.3 is 0 Å². The Morgan fingerprint density at radius 1 is 0.786 bits per heavy atom. The van der Waals surface area contributed by atoms with Crippen LogP contribution in [0, 0.1) is 11.8 Å². The van der Waals surface area contributed by atoms with Gasteiger partial charge in [-0.15, -0.1) is 0 Å². The number of hydrogen-bond donors (Lipinski definition) is 0. The molecule has 2 aliphatic carbocycles. The van der Waals surface area contributed by atoms with E-state index in [9.17, 15) is 0 Å². The van der Waals surface area contributed by atoms with Crippen molar-refractivity contribution in [2.24, 2.45) is 11.8 Å². The molecule has 0 atom stereocenters. The lowest BCUT2D eigenvalue weighted by Crippen LogP contribution is -2.05. The van der Waals surface area contributed by atoms with Gasteiger partial charge in [0.1, 0.15) is 0 Å². The normalized spacial score (nSPS) is 30.6. The van der Waals surface area contributed by atoms with Gasteiger partial charge in [0.2, 0.25) is 0 Å². The van der Waals surface area contributed by atoms with Crippen LogP contribution in [0.3, 0.4) is 0 Å². The summed E-state index contributed by atoms with van der Waals surface area (Å²) in [4.78, 5) is 0. The summed E-state index contributed by atoms with van der Waals surface area (Å²) < 4.78 is 0. The van der Waals surface area contributed by atoms with Gasteiger partial charge in [-0.1, -0.05) is 31.9 Å². The highest BCUT2D eigenvalue weighted by Gasteiger charge is 2.47. The fourth-order valence-corrected chi connectivity index (χ4v) is 2.66. The molecule has 0 aliphatic heterocycles. The molecule has 0 spiro atoms. The Kier molecular flexibility index (Phi) is 1.72. The third-order valence-corrected chi connectivity index (χ3v) is 3.42. The van der Waals surface area contributed by atoms with Crippen molar-refractivity contribution in [3.05, 3.63) is 59.8 Å². The lowest BCUT2D eigenvalue weighted by Gasteiger charge is -2.18. The van der Waals surface area contributed by atoms with E-state index >= 15 is 0 Å². The topological polar surface area (TPSA) is 0 Å². The van der Waals surface area contributed by atoms with E-state index in [4.69, 9.17) is 0 Å². The molecule has 14 heavy (non-hydrogen) atoms. The summed E-state index contributed by atoms with van der Waals surface area (Å²) in [6, 6.07) is 0. The molecule has 0 unspecified atom stereocenters. The van der Waals surface area contributed by atoms with Crippen molar-refractivity contribution >= 4 is 0 Å². The maximum Gasteiger partial charge on any atom is 0.0304 e. The fraction of sp³-hybridized carbons (Fsp3) is 0.286. The van der Waals surface area contributed by atoms with E-state index in [0.717, 1.165) is 22.3 Å². The molecule has 0 radical (unpaired) electrons. The van der Waals surface area contributed by atoms with Crippen molar-refractivity contribution in [2.45, 2.75) is 13.8 Å². The second kappa shape index (κ2) is 2.60. The molecule has 0 nitrogen and oxygen atoms in total. The molecule has 2 fully saturated rings. The summed E-state index contributed by atoms with van der Waals surface area (Å²) >= 11 is 0. The molecule has 2 rings (SSSR count). The Labute approximate surface area is 86.0 Å². The highest BCUT2D eigenvalue weighted by molar-refractivity contribution is 5.68. The van der Waals surface area contributed by atoms with Crippen LogP contribution in [0.2, 0.25) is 0 Å². The molecule has 2 aliphatic rings. The average molecular weight is 184 g/mol. The minimum Gasteiger partial charge on any atom is -0.0946 e. The monoisotopic (exact) mass is 184 g/mol. The summed E-state index contributed by atoms with van der Waals surface area (Å²) in [7, 11) is 0. The number of hydrogen-bond acceptors (Lipinski definition) is 0. The van der Waals surface area contributed by atoms with Crippen molar-refractivity contribution in [1.82, 2.24) is 0 Å². The molecule has 0 amide bonds. The van der Waals surface area contributed by atoms with E-state index in [1.807, 2.05) is 0 Å². The van der Waals surface area contributed by atoms with Crippen molar-refractivity contribution in [3.8, 4) is 0 Å². The molecule has 2 bridgehead atoms. The van der Waals surface area contributed by atoms with Crippen molar-refractivity contribution in [1.29, 1.82) is 0 Å². The number of fused-ring (bicyclic) bond motifs is 2. The number of allylic oxidation sites excluding steroid dienone is 6. The summed E-state index contributed by atoms with van der Waals surface area (Å²) in [5.74, 6) is 0.620. The third-order valence-electron chi connectivity index (χ3n) is 3.42. The first-order valence-corrected chi connectivity index (χ1v) is 4.90. The number of rotatable bonds is 0. The molecule has 0 saturated heterocycles. The first kappa shape index (κ1) is 9.26. The molecule has 0 heteroatoms. The van der Waals surface area contributed by atoms with Crippen LogP contribution in [0.15, 0.2) is 59.8 Å². The lowest BCUT2D eigenvalue weighted by molar-refractivity contribution is 0.934. The molecule has 0 aromatic heterocycles. The maximum absolute atomic E-state index is 4.10. The van der Waals surface area contributed by atoms with E-state index < -0.39 is 0 Å². The van der Waals surface area contributed by atoms with E-state index in [0.29, 0.717) is 11.8 Å². The van der Waals surface area contributed by atoms with Gasteiger partial charge in [-0.2, -0.15) is 0 Å². The van der Waals surface area contributed by atoms with Gasteiger partial charge in [-0.3, -0.25) is 0 Å². The lowest BCUT2D eigenvalue weighted by atomic mass is 9.85. The highest BCUT2D eigenvalue weighted by atomic mass is 14.5. The maximum atomic E-state index is 4.10. The van der Waals surface area contributed by atoms with Crippen LogP contribution in [-0.2, 0) is 0 Å². The van der Waals surface area contributed by atoms with E-state index in [2.05, 4.69) is 40.2 Å². The molecular weight excluding hydrogens is 168 g/mol. The van der Waals surface area contributed by atoms with Crippen LogP contribution >= 0.6 is 0 Å². The largest absolute Gasteiger partial charge is 0.0946 e. The van der Waals surface area contributed by atoms with Crippen molar-refractivity contribution in [2.75, 3.05) is 0 Å². The zero-order chi connectivity index (χ0) is 10.6. The van der Waals surface area contributed by atoms with Crippen LogP contribution in [0.1, 0.15) is 13.8 Å². The minimum atomic E-state index is 0.310. The molecule has 0 aromatic rings. The first-order valence-electron chi connectivity index (χ1n) is 4.90. The average Bonchev–Trinajstić information content (AvgIpc) is 2.50. The predicted molar refractivity (Wildman–Crippen MR) is 61.9 cm³/mol. The Morgan fingerprint density at radius 2 is 1.07 bits per heavy atom. The van der Waals surface area contributed by atoms with E-state index in [-0.39, 0.29) is 0 Å². The highest BCUT2D eigenvalue weighted by Crippen LogP contribution is 2.59. The van der Waals surface area contributed by atoms with E-state index in [1.165, 1.54) is 11.1 Å². The van der Waals surface area contributed by atoms with Gasteiger partial charge >= 0.3 is 0 Å². The molecule has 0 N–H and O–H groups in total.